The Kier molecular flexibility index (Phi) is 2.38. The molecule has 0 fully saturated rings. The number of benzene rings is 1. The van der Waals surface area contributed by atoms with E-state index in [2.05, 4.69) is 17.0 Å². The maximum Gasteiger partial charge on any atom is 0.344 e. The third-order valence-corrected chi connectivity index (χ3v) is 1.17. The summed E-state index contributed by atoms with van der Waals surface area (Å²) in [6.07, 6.45) is 0. The molecule has 56 valence electrons. The second-order valence-corrected chi connectivity index (χ2v) is 1.95. The highest BCUT2D eigenvalue weighted by molar-refractivity contribution is 5.92. The molecule has 0 unspecified atom stereocenters. The predicted molar refractivity (Wildman–Crippen MR) is 45.0 cm³/mol. The predicted octanol–water partition coefficient (Wildman–Crippen LogP) is 1.92. The highest BCUT2D eigenvalue weighted by Gasteiger charge is 1.94. The highest BCUT2D eigenvalue weighted by Crippen LogP contribution is 2.04. The van der Waals surface area contributed by atoms with Gasteiger partial charge in [-0.15, -0.1) is 0 Å². The van der Waals surface area contributed by atoms with E-state index in [0.717, 1.165) is 5.69 Å². The zero-order valence-electron chi connectivity index (χ0n) is 5.95. The summed E-state index contributed by atoms with van der Waals surface area (Å²) < 4.78 is 0. The van der Waals surface area contributed by atoms with E-state index in [1.54, 1.807) is 12.1 Å². The van der Waals surface area contributed by atoms with Crippen LogP contribution >= 0.6 is 0 Å². The van der Waals surface area contributed by atoms with E-state index in [9.17, 15) is 4.79 Å². The lowest BCUT2D eigenvalue weighted by Crippen LogP contribution is -2.04. The Morgan fingerprint density at radius 3 is 2.55 bits per heavy atom. The van der Waals surface area contributed by atoms with E-state index >= 15 is 0 Å². The summed E-state index contributed by atoms with van der Waals surface area (Å²) in [6, 6.07) is 8.66. The minimum Gasteiger partial charge on any atom is -0.306 e. The Labute approximate surface area is 64.8 Å². The first-order valence-electron chi connectivity index (χ1n) is 3.15. The zero-order chi connectivity index (χ0) is 8.10. The second-order valence-electron chi connectivity index (χ2n) is 1.95. The maximum absolute atomic E-state index is 10.6. The molecular weight excluding hydrogens is 140 g/mol. The molecule has 11 heavy (non-hydrogen) atoms. The van der Waals surface area contributed by atoms with Crippen molar-refractivity contribution in [2.45, 2.75) is 0 Å². The molecule has 0 saturated carbocycles. The largest absolute Gasteiger partial charge is 0.344 e. The number of anilines is 1. The Balaban J connectivity index is 2.65. The fourth-order valence-electron chi connectivity index (χ4n) is 0.684. The van der Waals surface area contributed by atoms with Crippen LogP contribution in [0.5, 0.6) is 0 Å². The van der Waals surface area contributed by atoms with Crippen molar-refractivity contribution >= 4 is 18.4 Å². The van der Waals surface area contributed by atoms with E-state index in [4.69, 9.17) is 0 Å². The fourth-order valence-corrected chi connectivity index (χ4v) is 0.684. The first-order chi connectivity index (χ1) is 5.33. The molecule has 0 spiro atoms. The highest BCUT2D eigenvalue weighted by atomic mass is 16.2. The van der Waals surface area contributed by atoms with Crippen molar-refractivity contribution in [1.82, 2.24) is 0 Å². The number of para-hydroxylation sites is 1. The van der Waals surface area contributed by atoms with Gasteiger partial charge in [-0.1, -0.05) is 18.2 Å². The standard InChI is InChI=1S/C8H8N2O/c1-9-8(11)10-7-5-3-2-4-6-7/h2-6H,1H2,(H,10,11). The summed E-state index contributed by atoms with van der Waals surface area (Å²) >= 11 is 0. The molecule has 0 saturated heterocycles. The van der Waals surface area contributed by atoms with E-state index in [0.29, 0.717) is 0 Å². The van der Waals surface area contributed by atoms with Crippen LogP contribution in [-0.2, 0) is 0 Å². The van der Waals surface area contributed by atoms with Crippen LogP contribution in [0.1, 0.15) is 0 Å². The Bertz CT molecular complexity index is 256. The molecule has 0 atom stereocenters. The van der Waals surface area contributed by atoms with Gasteiger partial charge in [0.05, 0.1) is 0 Å². The Morgan fingerprint density at radius 2 is 2.00 bits per heavy atom. The van der Waals surface area contributed by atoms with Crippen LogP contribution in [0.3, 0.4) is 0 Å². The van der Waals surface area contributed by atoms with Crippen molar-refractivity contribution < 1.29 is 4.79 Å². The van der Waals surface area contributed by atoms with Crippen LogP contribution in [0.4, 0.5) is 10.5 Å². The maximum atomic E-state index is 10.6. The van der Waals surface area contributed by atoms with Gasteiger partial charge >= 0.3 is 6.03 Å². The lowest BCUT2D eigenvalue weighted by molar-refractivity contribution is 0.260. The van der Waals surface area contributed by atoms with Crippen molar-refractivity contribution in [2.24, 2.45) is 4.99 Å². The first kappa shape index (κ1) is 7.47. The van der Waals surface area contributed by atoms with Gasteiger partial charge in [0.15, 0.2) is 0 Å². The minimum absolute atomic E-state index is 0.434. The Hall–Kier alpha value is -1.64. The van der Waals surface area contributed by atoms with Gasteiger partial charge in [0.2, 0.25) is 0 Å². The summed E-state index contributed by atoms with van der Waals surface area (Å²) in [7, 11) is 0. The molecule has 1 aromatic carbocycles. The normalized spacial score (nSPS) is 8.73. The number of nitrogens with one attached hydrogen (secondary N) is 1. The lowest BCUT2D eigenvalue weighted by Gasteiger charge is -1.98. The number of carbonyl (C=O) groups is 1. The van der Waals surface area contributed by atoms with Gasteiger partial charge in [-0.3, -0.25) is 0 Å². The quantitative estimate of drug-likeness (QED) is 0.607. The third-order valence-electron chi connectivity index (χ3n) is 1.17. The monoisotopic (exact) mass is 148 g/mol. The SMILES string of the molecule is C=NC(=O)Nc1ccccc1. The third kappa shape index (κ3) is 2.21. The molecule has 0 heterocycles. The number of aliphatic imine (C=N–C) groups is 1. The van der Waals surface area contributed by atoms with E-state index in [1.165, 1.54) is 0 Å². The number of hydrogen-bond donors (Lipinski definition) is 1. The van der Waals surface area contributed by atoms with Crippen LogP contribution in [-0.4, -0.2) is 12.7 Å². The van der Waals surface area contributed by atoms with Gasteiger partial charge in [0.25, 0.3) is 0 Å². The molecule has 0 bridgehead atoms. The van der Waals surface area contributed by atoms with Crippen molar-refractivity contribution in [2.75, 3.05) is 5.32 Å². The van der Waals surface area contributed by atoms with Crippen LogP contribution in [0.15, 0.2) is 35.3 Å². The molecule has 1 N–H and O–H groups in total. The number of urea groups is 1. The number of nitrogens with zero attached hydrogens (tertiary/aromatic N) is 1. The van der Waals surface area contributed by atoms with Crippen LogP contribution in [0.2, 0.25) is 0 Å². The fraction of sp³-hybridized carbons (Fsp3) is 0. The molecule has 0 aliphatic heterocycles. The molecule has 3 nitrogen and oxygen atoms in total. The van der Waals surface area contributed by atoms with Gasteiger partial charge in [0.1, 0.15) is 0 Å². The average molecular weight is 148 g/mol. The van der Waals surface area contributed by atoms with Gasteiger partial charge in [-0.05, 0) is 18.9 Å². The molecule has 0 aliphatic carbocycles. The topological polar surface area (TPSA) is 41.5 Å². The smallest absolute Gasteiger partial charge is 0.306 e. The molecule has 0 radical (unpaired) electrons. The van der Waals surface area contributed by atoms with Crippen molar-refractivity contribution in [3.8, 4) is 0 Å². The molecular formula is C8H8N2O. The van der Waals surface area contributed by atoms with Crippen LogP contribution < -0.4 is 5.32 Å². The zero-order valence-corrected chi connectivity index (χ0v) is 5.95. The van der Waals surface area contributed by atoms with E-state index < -0.39 is 6.03 Å². The lowest BCUT2D eigenvalue weighted by atomic mass is 10.3. The Morgan fingerprint density at radius 1 is 1.36 bits per heavy atom. The van der Waals surface area contributed by atoms with E-state index in [1.807, 2.05) is 18.2 Å². The number of rotatable bonds is 1. The number of carbonyl (C=O) groups excluding carboxylic acids is 1. The van der Waals surface area contributed by atoms with Crippen LogP contribution in [0.25, 0.3) is 0 Å². The number of amides is 2. The second kappa shape index (κ2) is 3.51. The van der Waals surface area contributed by atoms with Crippen molar-refractivity contribution in [3.63, 3.8) is 0 Å². The van der Waals surface area contributed by atoms with Crippen molar-refractivity contribution in [1.29, 1.82) is 0 Å². The van der Waals surface area contributed by atoms with Crippen LogP contribution in [0, 0.1) is 0 Å². The number of hydrogen-bond acceptors (Lipinski definition) is 1. The molecule has 0 aliphatic rings. The molecule has 1 rings (SSSR count). The minimum atomic E-state index is -0.434. The van der Waals surface area contributed by atoms with Crippen molar-refractivity contribution in [3.05, 3.63) is 30.3 Å². The average Bonchev–Trinajstić information content (AvgIpc) is 2.06. The summed E-state index contributed by atoms with van der Waals surface area (Å²) in [5, 5.41) is 2.52. The van der Waals surface area contributed by atoms with E-state index in [-0.39, 0.29) is 0 Å². The molecule has 1 aromatic rings. The van der Waals surface area contributed by atoms with Gasteiger partial charge in [-0.25, -0.2) is 9.79 Å². The molecule has 3 heteroatoms. The molecule has 2 amide bonds. The van der Waals surface area contributed by atoms with Gasteiger partial charge in [0, 0.05) is 5.69 Å². The summed E-state index contributed by atoms with van der Waals surface area (Å²) in [5.41, 5.74) is 0.727. The molecule has 0 aromatic heterocycles. The summed E-state index contributed by atoms with van der Waals surface area (Å²) in [5.74, 6) is 0. The summed E-state index contributed by atoms with van der Waals surface area (Å²) in [6.45, 7) is 3.09. The first-order valence-corrected chi connectivity index (χ1v) is 3.15. The summed E-state index contributed by atoms with van der Waals surface area (Å²) in [4.78, 5) is 13.8. The van der Waals surface area contributed by atoms with Gasteiger partial charge in [-0.2, -0.15) is 0 Å². The van der Waals surface area contributed by atoms with Gasteiger partial charge < -0.3 is 5.32 Å².